The number of aromatic nitrogens is 2. The summed E-state index contributed by atoms with van der Waals surface area (Å²) in [5.41, 5.74) is 2.36. The standard InChI is InChI=1S/C17H19N5O2/c1-11-9-14(22(19-11)10-13-7-5-4-6-8-13)18-16(23)15-12(2)20-21(3)17(15)24/h4-9,15H,10H2,1-3H3,(H,18,23). The van der Waals surface area contributed by atoms with E-state index in [4.69, 9.17) is 0 Å². The molecule has 1 aromatic heterocycles. The van der Waals surface area contributed by atoms with Crippen LogP contribution in [0.1, 0.15) is 18.2 Å². The Kier molecular flexibility index (Phi) is 4.16. The fraction of sp³-hybridized carbons (Fsp3) is 0.294. The SMILES string of the molecule is CC1=NN(C)C(=O)C1C(=O)Nc1cc(C)nn1Cc1ccccc1. The van der Waals surface area contributed by atoms with Crippen molar-refractivity contribution in [1.29, 1.82) is 0 Å². The third kappa shape index (κ3) is 3.05. The van der Waals surface area contributed by atoms with Gasteiger partial charge in [0.15, 0.2) is 5.92 Å². The molecule has 7 heteroatoms. The van der Waals surface area contributed by atoms with E-state index in [2.05, 4.69) is 15.5 Å². The number of hydrazone groups is 1. The van der Waals surface area contributed by atoms with Gasteiger partial charge in [0.05, 0.1) is 18.0 Å². The maximum Gasteiger partial charge on any atom is 0.260 e. The molecule has 0 bridgehead atoms. The van der Waals surface area contributed by atoms with E-state index in [1.54, 1.807) is 24.7 Å². The van der Waals surface area contributed by atoms with Gasteiger partial charge in [0.1, 0.15) is 5.82 Å². The molecule has 1 unspecified atom stereocenters. The van der Waals surface area contributed by atoms with Crippen molar-refractivity contribution < 1.29 is 9.59 Å². The predicted molar refractivity (Wildman–Crippen MR) is 90.5 cm³/mol. The number of benzene rings is 1. The Morgan fingerprint density at radius 2 is 1.96 bits per heavy atom. The van der Waals surface area contributed by atoms with E-state index < -0.39 is 5.92 Å². The Bertz CT molecular complexity index is 810. The van der Waals surface area contributed by atoms with Crippen molar-refractivity contribution in [2.24, 2.45) is 11.0 Å². The molecule has 0 radical (unpaired) electrons. The molecule has 124 valence electrons. The summed E-state index contributed by atoms with van der Waals surface area (Å²) in [5.74, 6) is -1.03. The molecule has 0 spiro atoms. The van der Waals surface area contributed by atoms with Crippen LogP contribution in [0.3, 0.4) is 0 Å². The van der Waals surface area contributed by atoms with Gasteiger partial charge in [0.25, 0.3) is 5.91 Å². The number of rotatable bonds is 4. The molecule has 0 fully saturated rings. The molecule has 24 heavy (non-hydrogen) atoms. The quantitative estimate of drug-likeness (QED) is 0.868. The number of anilines is 1. The molecule has 1 aliphatic heterocycles. The molecular weight excluding hydrogens is 306 g/mol. The van der Waals surface area contributed by atoms with Crippen molar-refractivity contribution in [1.82, 2.24) is 14.8 Å². The second-order valence-corrected chi connectivity index (χ2v) is 5.84. The number of nitrogens with one attached hydrogen (secondary N) is 1. The van der Waals surface area contributed by atoms with Gasteiger partial charge in [-0.3, -0.25) is 9.59 Å². The van der Waals surface area contributed by atoms with Crippen molar-refractivity contribution in [3.8, 4) is 0 Å². The average Bonchev–Trinajstić information content (AvgIpc) is 2.99. The number of hydrogen-bond donors (Lipinski definition) is 1. The molecule has 0 saturated carbocycles. The monoisotopic (exact) mass is 325 g/mol. The van der Waals surface area contributed by atoms with E-state index in [9.17, 15) is 9.59 Å². The Morgan fingerprint density at radius 1 is 1.25 bits per heavy atom. The fourth-order valence-electron chi connectivity index (χ4n) is 2.73. The zero-order valence-electron chi connectivity index (χ0n) is 13.9. The smallest absolute Gasteiger partial charge is 0.260 e. The maximum atomic E-state index is 12.5. The van der Waals surface area contributed by atoms with Gasteiger partial charge >= 0.3 is 0 Å². The molecule has 1 aliphatic rings. The first-order valence-electron chi connectivity index (χ1n) is 7.67. The van der Waals surface area contributed by atoms with Crippen LogP contribution in [-0.2, 0) is 16.1 Å². The van der Waals surface area contributed by atoms with E-state index in [1.165, 1.54) is 5.01 Å². The Balaban J connectivity index is 1.79. The van der Waals surface area contributed by atoms with Crippen molar-refractivity contribution >= 4 is 23.3 Å². The number of carbonyl (C=O) groups excluding carboxylic acids is 2. The van der Waals surface area contributed by atoms with E-state index in [1.807, 2.05) is 37.3 Å². The lowest BCUT2D eigenvalue weighted by Crippen LogP contribution is -2.35. The molecule has 1 aromatic carbocycles. The number of nitrogens with zero attached hydrogens (tertiary/aromatic N) is 4. The lowest BCUT2D eigenvalue weighted by atomic mass is 10.0. The van der Waals surface area contributed by atoms with Crippen LogP contribution in [-0.4, -0.2) is 39.4 Å². The van der Waals surface area contributed by atoms with Gasteiger partial charge in [-0.15, -0.1) is 0 Å². The van der Waals surface area contributed by atoms with Crippen molar-refractivity contribution in [3.05, 3.63) is 47.7 Å². The highest BCUT2D eigenvalue weighted by molar-refractivity contribution is 6.24. The van der Waals surface area contributed by atoms with Gasteiger partial charge < -0.3 is 5.32 Å². The van der Waals surface area contributed by atoms with Crippen LogP contribution in [0, 0.1) is 12.8 Å². The average molecular weight is 325 g/mol. The minimum absolute atomic E-state index is 0.323. The molecule has 3 rings (SSSR count). The van der Waals surface area contributed by atoms with E-state index in [-0.39, 0.29) is 11.8 Å². The molecule has 7 nitrogen and oxygen atoms in total. The van der Waals surface area contributed by atoms with Crippen LogP contribution in [0.25, 0.3) is 0 Å². The summed E-state index contributed by atoms with van der Waals surface area (Å²) >= 11 is 0. The number of amides is 2. The number of hydrogen-bond acceptors (Lipinski definition) is 4. The number of aryl methyl sites for hydroxylation is 1. The van der Waals surface area contributed by atoms with Gasteiger partial charge in [0, 0.05) is 13.1 Å². The summed E-state index contributed by atoms with van der Waals surface area (Å²) in [4.78, 5) is 24.6. The number of carbonyl (C=O) groups is 2. The summed E-state index contributed by atoms with van der Waals surface area (Å²) in [6.45, 7) is 4.08. The van der Waals surface area contributed by atoms with Crippen LogP contribution < -0.4 is 5.32 Å². The summed E-state index contributed by atoms with van der Waals surface area (Å²) < 4.78 is 1.72. The van der Waals surface area contributed by atoms with Crippen LogP contribution in [0.2, 0.25) is 0 Å². The molecular formula is C17H19N5O2. The van der Waals surface area contributed by atoms with E-state index in [0.29, 0.717) is 18.1 Å². The summed E-state index contributed by atoms with van der Waals surface area (Å²) in [7, 11) is 1.54. The summed E-state index contributed by atoms with van der Waals surface area (Å²) in [6.07, 6.45) is 0. The lowest BCUT2D eigenvalue weighted by Gasteiger charge is -2.12. The first-order chi connectivity index (χ1) is 11.5. The fourth-order valence-corrected chi connectivity index (χ4v) is 2.73. The minimum atomic E-state index is -0.879. The van der Waals surface area contributed by atoms with E-state index >= 15 is 0 Å². The third-order valence-electron chi connectivity index (χ3n) is 3.88. The summed E-state index contributed by atoms with van der Waals surface area (Å²) in [6, 6.07) is 11.6. The zero-order chi connectivity index (χ0) is 17.3. The molecule has 2 aromatic rings. The highest BCUT2D eigenvalue weighted by atomic mass is 16.2. The molecule has 0 aliphatic carbocycles. The van der Waals surface area contributed by atoms with Crippen molar-refractivity contribution in [2.75, 3.05) is 12.4 Å². The Morgan fingerprint density at radius 3 is 2.58 bits per heavy atom. The second-order valence-electron chi connectivity index (χ2n) is 5.84. The van der Waals surface area contributed by atoms with Crippen LogP contribution in [0.15, 0.2) is 41.5 Å². The van der Waals surface area contributed by atoms with Crippen molar-refractivity contribution in [3.63, 3.8) is 0 Å². The normalized spacial score (nSPS) is 17.1. The molecule has 2 amide bonds. The first kappa shape index (κ1) is 15.9. The predicted octanol–water partition coefficient (Wildman–Crippen LogP) is 1.64. The van der Waals surface area contributed by atoms with Gasteiger partial charge in [-0.1, -0.05) is 30.3 Å². The van der Waals surface area contributed by atoms with Gasteiger partial charge in [0.2, 0.25) is 5.91 Å². The molecule has 0 saturated heterocycles. The van der Waals surface area contributed by atoms with Gasteiger partial charge in [-0.2, -0.15) is 10.2 Å². The summed E-state index contributed by atoms with van der Waals surface area (Å²) in [5, 5.41) is 12.5. The first-order valence-corrected chi connectivity index (χ1v) is 7.67. The highest BCUT2D eigenvalue weighted by Gasteiger charge is 2.37. The van der Waals surface area contributed by atoms with Gasteiger partial charge in [-0.05, 0) is 19.4 Å². The highest BCUT2D eigenvalue weighted by Crippen LogP contribution is 2.18. The molecule has 2 heterocycles. The van der Waals surface area contributed by atoms with E-state index in [0.717, 1.165) is 11.3 Å². The zero-order valence-corrected chi connectivity index (χ0v) is 13.9. The van der Waals surface area contributed by atoms with Gasteiger partial charge in [-0.25, -0.2) is 9.69 Å². The molecule has 1 N–H and O–H groups in total. The maximum absolute atomic E-state index is 12.5. The second kappa shape index (κ2) is 6.27. The van der Waals surface area contributed by atoms with Crippen molar-refractivity contribution in [2.45, 2.75) is 20.4 Å². The molecule has 1 atom stereocenters. The van der Waals surface area contributed by atoms with Crippen LogP contribution in [0.5, 0.6) is 0 Å². The Hall–Kier alpha value is -2.96. The van der Waals surface area contributed by atoms with Crippen LogP contribution in [0.4, 0.5) is 5.82 Å². The lowest BCUT2D eigenvalue weighted by molar-refractivity contribution is -0.134. The van der Waals surface area contributed by atoms with Crippen LogP contribution >= 0.6 is 0 Å². The third-order valence-corrected chi connectivity index (χ3v) is 3.88. The Labute approximate surface area is 140 Å². The topological polar surface area (TPSA) is 79.6 Å². The largest absolute Gasteiger partial charge is 0.310 e. The minimum Gasteiger partial charge on any atom is -0.310 e.